The molecule has 6 nitrogen and oxygen atoms in total. The minimum Gasteiger partial charge on any atom is -0.461 e. The third-order valence-corrected chi connectivity index (χ3v) is 13.6. The third-order valence-electron chi connectivity index (χ3n) is 13.6. The van der Waals surface area contributed by atoms with Crippen LogP contribution in [0.1, 0.15) is 120 Å². The van der Waals surface area contributed by atoms with Crippen molar-refractivity contribution in [3.8, 4) is 0 Å². The van der Waals surface area contributed by atoms with Gasteiger partial charge in [-0.05, 0) is 85.9 Å². The standard InChI is InChI=1S/C39H64N2O4/c1-14-24-39(25-30-22-20-19-21-23-30,33(42)44-31-26-35(8,15-2)40(12)37(10,17-4)28(31)6)34(43)45-32-27-36(9,16-3)41(13)38(11,18-5)29(32)7/h14,19-23,28-29,31-32H,1,15-18,24-27H2,2-13H3. The van der Waals surface area contributed by atoms with Crippen molar-refractivity contribution < 1.29 is 19.1 Å². The van der Waals surface area contributed by atoms with Crippen LogP contribution < -0.4 is 0 Å². The number of carbonyl (C=O) groups excluding carboxylic acids is 2. The number of ether oxygens (including phenoxy) is 2. The molecule has 0 radical (unpaired) electrons. The number of allylic oxidation sites excluding steroid dienone is 1. The monoisotopic (exact) mass is 624 g/mol. The summed E-state index contributed by atoms with van der Waals surface area (Å²) in [4.78, 5) is 34.5. The molecular formula is C39H64N2O4. The molecule has 2 aliphatic heterocycles. The molecular weight excluding hydrogens is 560 g/mol. The van der Waals surface area contributed by atoms with Gasteiger partial charge in [-0.25, -0.2) is 0 Å². The Morgan fingerprint density at radius 3 is 1.53 bits per heavy atom. The Balaban J connectivity index is 2.07. The fraction of sp³-hybridized carbons (Fsp3) is 0.744. The molecule has 45 heavy (non-hydrogen) atoms. The van der Waals surface area contributed by atoms with E-state index in [4.69, 9.17) is 9.47 Å². The molecule has 0 amide bonds. The highest BCUT2D eigenvalue weighted by molar-refractivity contribution is 6.00. The summed E-state index contributed by atoms with van der Waals surface area (Å²) in [5.41, 5.74) is -1.23. The molecule has 6 heteroatoms. The molecule has 0 aliphatic carbocycles. The van der Waals surface area contributed by atoms with Crippen LogP contribution in [0.15, 0.2) is 43.0 Å². The van der Waals surface area contributed by atoms with Gasteiger partial charge in [0, 0.05) is 46.8 Å². The van der Waals surface area contributed by atoms with Crippen molar-refractivity contribution in [2.24, 2.45) is 17.3 Å². The molecule has 8 atom stereocenters. The number of piperidine rings is 2. The van der Waals surface area contributed by atoms with Gasteiger partial charge in [-0.1, -0.05) is 78.0 Å². The minimum atomic E-state index is -1.54. The van der Waals surface area contributed by atoms with Crippen LogP contribution in [-0.2, 0) is 25.5 Å². The Kier molecular flexibility index (Phi) is 11.5. The molecule has 8 unspecified atom stereocenters. The lowest BCUT2D eigenvalue weighted by Gasteiger charge is -2.59. The van der Waals surface area contributed by atoms with Crippen molar-refractivity contribution in [2.75, 3.05) is 14.1 Å². The highest BCUT2D eigenvalue weighted by Crippen LogP contribution is 2.48. The second-order valence-corrected chi connectivity index (χ2v) is 15.4. The van der Waals surface area contributed by atoms with E-state index in [2.05, 4.69) is 99.7 Å². The van der Waals surface area contributed by atoms with Gasteiger partial charge < -0.3 is 9.47 Å². The molecule has 0 bridgehead atoms. The summed E-state index contributed by atoms with van der Waals surface area (Å²) in [7, 11) is 4.40. The molecule has 2 aliphatic rings. The summed E-state index contributed by atoms with van der Waals surface area (Å²) in [5, 5.41) is 0. The molecule has 0 saturated carbocycles. The van der Waals surface area contributed by atoms with E-state index >= 15 is 0 Å². The Labute approximate surface area is 275 Å². The van der Waals surface area contributed by atoms with Crippen molar-refractivity contribution in [1.29, 1.82) is 0 Å². The lowest BCUT2D eigenvalue weighted by atomic mass is 9.68. The van der Waals surface area contributed by atoms with E-state index in [-0.39, 0.29) is 59.0 Å². The van der Waals surface area contributed by atoms with Crippen molar-refractivity contribution in [2.45, 2.75) is 155 Å². The number of benzene rings is 1. The van der Waals surface area contributed by atoms with Gasteiger partial charge in [0.05, 0.1) is 0 Å². The van der Waals surface area contributed by atoms with Crippen molar-refractivity contribution >= 4 is 11.9 Å². The summed E-state index contributed by atoms with van der Waals surface area (Å²) in [5.74, 6) is -0.831. The maximum atomic E-state index is 14.7. The van der Waals surface area contributed by atoms with Gasteiger partial charge in [-0.15, -0.1) is 6.58 Å². The summed E-state index contributed by atoms with van der Waals surface area (Å²) >= 11 is 0. The Morgan fingerprint density at radius 2 is 1.20 bits per heavy atom. The van der Waals surface area contributed by atoms with Gasteiger partial charge in [0.15, 0.2) is 5.41 Å². The smallest absolute Gasteiger partial charge is 0.324 e. The number of hydrogen-bond donors (Lipinski definition) is 0. The first kappa shape index (κ1) is 37.3. The second kappa shape index (κ2) is 13.9. The zero-order valence-corrected chi connectivity index (χ0v) is 30.7. The van der Waals surface area contributed by atoms with Crippen molar-refractivity contribution in [3.05, 3.63) is 48.6 Å². The number of rotatable bonds is 12. The number of nitrogens with zero attached hydrogens (tertiary/aromatic N) is 2. The minimum absolute atomic E-state index is 0.0784. The molecule has 2 fully saturated rings. The molecule has 2 heterocycles. The van der Waals surface area contributed by atoms with Gasteiger partial charge in [-0.2, -0.15) is 0 Å². The van der Waals surface area contributed by atoms with E-state index in [9.17, 15) is 9.59 Å². The number of carbonyl (C=O) groups is 2. The Hall–Kier alpha value is -2.18. The summed E-state index contributed by atoms with van der Waals surface area (Å²) in [6, 6.07) is 9.78. The Morgan fingerprint density at radius 1 is 0.800 bits per heavy atom. The van der Waals surface area contributed by atoms with Crippen LogP contribution in [0.5, 0.6) is 0 Å². The first-order chi connectivity index (χ1) is 21.0. The number of likely N-dealkylation sites (tertiary alicyclic amines) is 2. The van der Waals surface area contributed by atoms with Crippen molar-refractivity contribution in [1.82, 2.24) is 9.80 Å². The SMILES string of the molecule is C=CCC(Cc1ccccc1)(C(=O)OC1CC(C)(CC)N(C)C(C)(CC)C1C)C(=O)OC1CC(C)(CC)N(C)C(C)(CC)C1C. The normalized spacial score (nSPS) is 37.4. The van der Waals surface area contributed by atoms with Gasteiger partial charge in [0.25, 0.3) is 0 Å². The largest absolute Gasteiger partial charge is 0.461 e. The van der Waals surface area contributed by atoms with Crippen LogP contribution in [0, 0.1) is 17.3 Å². The predicted octanol–water partition coefficient (Wildman–Crippen LogP) is 8.23. The molecule has 1 aromatic carbocycles. The van der Waals surface area contributed by atoms with Crippen molar-refractivity contribution in [3.63, 3.8) is 0 Å². The highest BCUT2D eigenvalue weighted by atomic mass is 16.6. The first-order valence-electron chi connectivity index (χ1n) is 17.5. The molecule has 1 aromatic rings. The zero-order valence-electron chi connectivity index (χ0n) is 30.7. The van der Waals surface area contributed by atoms with Gasteiger partial charge >= 0.3 is 11.9 Å². The second-order valence-electron chi connectivity index (χ2n) is 15.4. The van der Waals surface area contributed by atoms with Crippen LogP contribution in [0.3, 0.4) is 0 Å². The number of esters is 2. The molecule has 0 aromatic heterocycles. The predicted molar refractivity (Wildman–Crippen MR) is 185 cm³/mol. The van der Waals surface area contributed by atoms with E-state index in [0.717, 1.165) is 31.2 Å². The van der Waals surface area contributed by atoms with E-state index in [0.29, 0.717) is 12.8 Å². The average molecular weight is 625 g/mol. The molecule has 254 valence electrons. The van der Waals surface area contributed by atoms with Crippen LogP contribution in [-0.4, -0.2) is 70.2 Å². The van der Waals surface area contributed by atoms with Gasteiger partial charge in [0.2, 0.25) is 0 Å². The highest BCUT2D eigenvalue weighted by Gasteiger charge is 2.57. The third kappa shape index (κ3) is 6.52. The van der Waals surface area contributed by atoms with Crippen LogP contribution >= 0.6 is 0 Å². The molecule has 3 rings (SSSR count). The average Bonchev–Trinajstić information content (AvgIpc) is 3.04. The molecule has 0 N–H and O–H groups in total. The molecule has 0 spiro atoms. The zero-order chi connectivity index (χ0) is 34.0. The summed E-state index contributed by atoms with van der Waals surface area (Å²) < 4.78 is 13.2. The maximum absolute atomic E-state index is 14.7. The Bertz CT molecular complexity index is 1120. The van der Waals surface area contributed by atoms with Crippen LogP contribution in [0.2, 0.25) is 0 Å². The quantitative estimate of drug-likeness (QED) is 0.133. The fourth-order valence-electron chi connectivity index (χ4n) is 8.47. The van der Waals surface area contributed by atoms with E-state index in [1.807, 2.05) is 30.3 Å². The summed E-state index contributed by atoms with van der Waals surface area (Å²) in [6.45, 7) is 26.3. The summed E-state index contributed by atoms with van der Waals surface area (Å²) in [6.07, 6.45) is 6.52. The fourth-order valence-corrected chi connectivity index (χ4v) is 8.47. The van der Waals surface area contributed by atoms with E-state index in [1.165, 1.54) is 0 Å². The topological polar surface area (TPSA) is 59.1 Å². The van der Waals surface area contributed by atoms with E-state index in [1.54, 1.807) is 6.08 Å². The maximum Gasteiger partial charge on any atom is 0.324 e. The van der Waals surface area contributed by atoms with Gasteiger partial charge in [-0.3, -0.25) is 19.4 Å². The van der Waals surface area contributed by atoms with Gasteiger partial charge in [0.1, 0.15) is 12.2 Å². The van der Waals surface area contributed by atoms with Crippen LogP contribution in [0.25, 0.3) is 0 Å². The van der Waals surface area contributed by atoms with E-state index < -0.39 is 17.4 Å². The molecule has 2 saturated heterocycles. The lowest BCUT2D eigenvalue weighted by molar-refractivity contribution is -0.198. The first-order valence-corrected chi connectivity index (χ1v) is 17.5. The van der Waals surface area contributed by atoms with Crippen LogP contribution in [0.4, 0.5) is 0 Å². The number of hydrogen-bond acceptors (Lipinski definition) is 6. The lowest BCUT2D eigenvalue weighted by Crippen LogP contribution is -2.67.